The first-order valence-electron chi connectivity index (χ1n) is 3.72. The predicted molar refractivity (Wildman–Crippen MR) is 47.8 cm³/mol. The average molecular weight is 148 g/mol. The lowest BCUT2D eigenvalue weighted by Gasteiger charge is -1.97. The van der Waals surface area contributed by atoms with Crippen molar-refractivity contribution in [2.75, 3.05) is 0 Å². The van der Waals surface area contributed by atoms with Gasteiger partial charge in [0.05, 0.1) is 0 Å². The standard InChI is InChI=1S/C9H12N2/c1-2-8(5-6-10)9-4-3-7-11-9/h3-7,10-11H,2H2,1H3/b8-5-,10-6?. The van der Waals surface area contributed by atoms with Gasteiger partial charge in [-0.3, -0.25) is 0 Å². The highest BCUT2D eigenvalue weighted by atomic mass is 14.7. The molecule has 0 aromatic carbocycles. The molecule has 0 bridgehead atoms. The number of allylic oxidation sites excluding steroid dienone is 2. The fourth-order valence-electron chi connectivity index (χ4n) is 1.03. The van der Waals surface area contributed by atoms with E-state index in [0.717, 1.165) is 12.1 Å². The molecule has 1 heterocycles. The molecule has 0 fully saturated rings. The van der Waals surface area contributed by atoms with Crippen LogP contribution in [0.5, 0.6) is 0 Å². The van der Waals surface area contributed by atoms with Crippen molar-refractivity contribution in [3.63, 3.8) is 0 Å². The first-order valence-corrected chi connectivity index (χ1v) is 3.72. The lowest BCUT2D eigenvalue weighted by Crippen LogP contribution is -1.82. The predicted octanol–water partition coefficient (Wildman–Crippen LogP) is 2.46. The second-order valence-corrected chi connectivity index (χ2v) is 2.30. The van der Waals surface area contributed by atoms with Crippen molar-refractivity contribution in [2.45, 2.75) is 13.3 Å². The molecule has 0 aliphatic carbocycles. The second kappa shape index (κ2) is 3.76. The van der Waals surface area contributed by atoms with E-state index in [1.807, 2.05) is 24.4 Å². The van der Waals surface area contributed by atoms with Crippen LogP contribution in [-0.4, -0.2) is 11.2 Å². The van der Waals surface area contributed by atoms with E-state index in [1.165, 1.54) is 11.8 Å². The summed E-state index contributed by atoms with van der Waals surface area (Å²) >= 11 is 0. The molecule has 1 aromatic rings. The summed E-state index contributed by atoms with van der Waals surface area (Å²) in [5.74, 6) is 0. The minimum atomic E-state index is 0.954. The van der Waals surface area contributed by atoms with E-state index >= 15 is 0 Å². The van der Waals surface area contributed by atoms with Crippen molar-refractivity contribution >= 4 is 11.8 Å². The third-order valence-corrected chi connectivity index (χ3v) is 1.61. The zero-order chi connectivity index (χ0) is 8.10. The van der Waals surface area contributed by atoms with Crippen LogP contribution in [0.1, 0.15) is 19.0 Å². The molecule has 2 N–H and O–H groups in total. The maximum Gasteiger partial charge on any atom is 0.0413 e. The maximum atomic E-state index is 6.92. The number of rotatable bonds is 3. The summed E-state index contributed by atoms with van der Waals surface area (Å²) in [5, 5.41) is 6.92. The number of H-pyrrole nitrogens is 1. The van der Waals surface area contributed by atoms with Crippen LogP contribution in [0.2, 0.25) is 0 Å². The van der Waals surface area contributed by atoms with Crippen molar-refractivity contribution in [3.05, 3.63) is 30.1 Å². The SMILES string of the molecule is CC/C(=C/C=N)c1ccc[nH]1. The quantitative estimate of drug-likeness (QED) is 0.618. The van der Waals surface area contributed by atoms with Gasteiger partial charge in [0.25, 0.3) is 0 Å². The number of aromatic amines is 1. The molecule has 1 rings (SSSR count). The number of nitrogens with one attached hydrogen (secondary N) is 2. The molecular formula is C9H12N2. The van der Waals surface area contributed by atoms with Gasteiger partial charge in [-0.25, -0.2) is 0 Å². The van der Waals surface area contributed by atoms with E-state index in [1.54, 1.807) is 0 Å². The molecule has 0 unspecified atom stereocenters. The zero-order valence-electron chi connectivity index (χ0n) is 6.59. The highest BCUT2D eigenvalue weighted by Gasteiger charge is 1.96. The van der Waals surface area contributed by atoms with E-state index in [9.17, 15) is 0 Å². The maximum absolute atomic E-state index is 6.92. The minimum Gasteiger partial charge on any atom is -0.361 e. The van der Waals surface area contributed by atoms with Crippen LogP contribution in [0, 0.1) is 5.41 Å². The van der Waals surface area contributed by atoms with Gasteiger partial charge in [-0.2, -0.15) is 0 Å². The summed E-state index contributed by atoms with van der Waals surface area (Å²) in [7, 11) is 0. The molecular weight excluding hydrogens is 136 g/mol. The highest BCUT2D eigenvalue weighted by Crippen LogP contribution is 2.13. The summed E-state index contributed by atoms with van der Waals surface area (Å²) in [6.07, 6.45) is 5.98. The van der Waals surface area contributed by atoms with Crippen LogP contribution >= 0.6 is 0 Å². The van der Waals surface area contributed by atoms with Crippen LogP contribution in [0.3, 0.4) is 0 Å². The van der Waals surface area contributed by atoms with Gasteiger partial charge in [-0.15, -0.1) is 0 Å². The Hall–Kier alpha value is -1.31. The van der Waals surface area contributed by atoms with Crippen LogP contribution in [-0.2, 0) is 0 Å². The molecule has 0 atom stereocenters. The molecule has 2 nitrogen and oxygen atoms in total. The van der Waals surface area contributed by atoms with Gasteiger partial charge in [-0.1, -0.05) is 6.92 Å². The normalized spacial score (nSPS) is 11.5. The van der Waals surface area contributed by atoms with Gasteiger partial charge in [-0.05, 0) is 30.2 Å². The Balaban J connectivity index is 2.88. The number of hydrogen-bond donors (Lipinski definition) is 2. The molecule has 0 saturated heterocycles. The molecule has 2 heteroatoms. The fraction of sp³-hybridized carbons (Fsp3) is 0.222. The summed E-state index contributed by atoms with van der Waals surface area (Å²) in [5.41, 5.74) is 2.28. The number of aromatic nitrogens is 1. The highest BCUT2D eigenvalue weighted by molar-refractivity contribution is 5.81. The first kappa shape index (κ1) is 7.79. The van der Waals surface area contributed by atoms with Gasteiger partial charge >= 0.3 is 0 Å². The van der Waals surface area contributed by atoms with Crippen molar-refractivity contribution < 1.29 is 0 Å². The molecule has 0 saturated carbocycles. The second-order valence-electron chi connectivity index (χ2n) is 2.30. The fourth-order valence-corrected chi connectivity index (χ4v) is 1.03. The molecule has 1 aromatic heterocycles. The van der Waals surface area contributed by atoms with Crippen LogP contribution in [0.25, 0.3) is 5.57 Å². The molecule has 0 spiro atoms. The van der Waals surface area contributed by atoms with Crippen molar-refractivity contribution in [2.24, 2.45) is 0 Å². The Labute approximate surface area is 66.5 Å². The van der Waals surface area contributed by atoms with Gasteiger partial charge in [0.15, 0.2) is 0 Å². The molecule has 58 valence electrons. The lowest BCUT2D eigenvalue weighted by atomic mass is 10.1. The monoisotopic (exact) mass is 148 g/mol. The van der Waals surface area contributed by atoms with Crippen molar-refractivity contribution in [3.8, 4) is 0 Å². The van der Waals surface area contributed by atoms with Gasteiger partial charge in [0.2, 0.25) is 0 Å². The lowest BCUT2D eigenvalue weighted by molar-refractivity contribution is 1.20. The van der Waals surface area contributed by atoms with Gasteiger partial charge in [0, 0.05) is 18.1 Å². The summed E-state index contributed by atoms with van der Waals surface area (Å²) in [6, 6.07) is 3.97. The van der Waals surface area contributed by atoms with Crippen LogP contribution < -0.4 is 0 Å². The summed E-state index contributed by atoms with van der Waals surface area (Å²) in [6.45, 7) is 2.08. The topological polar surface area (TPSA) is 39.6 Å². The third-order valence-electron chi connectivity index (χ3n) is 1.61. The van der Waals surface area contributed by atoms with Gasteiger partial charge in [0.1, 0.15) is 0 Å². The average Bonchev–Trinajstić information content (AvgIpc) is 2.52. The molecule has 0 aliphatic heterocycles. The van der Waals surface area contributed by atoms with E-state index in [-0.39, 0.29) is 0 Å². The number of hydrogen-bond acceptors (Lipinski definition) is 1. The van der Waals surface area contributed by atoms with Crippen molar-refractivity contribution in [1.29, 1.82) is 5.41 Å². The summed E-state index contributed by atoms with van der Waals surface area (Å²) < 4.78 is 0. The largest absolute Gasteiger partial charge is 0.361 e. The minimum absolute atomic E-state index is 0.954. The first-order chi connectivity index (χ1) is 5.38. The van der Waals surface area contributed by atoms with E-state index in [2.05, 4.69) is 11.9 Å². The molecule has 11 heavy (non-hydrogen) atoms. The van der Waals surface area contributed by atoms with E-state index in [0.29, 0.717) is 0 Å². The zero-order valence-corrected chi connectivity index (χ0v) is 6.59. The third kappa shape index (κ3) is 1.80. The Morgan fingerprint density at radius 3 is 3.00 bits per heavy atom. The Kier molecular flexibility index (Phi) is 2.66. The van der Waals surface area contributed by atoms with Crippen LogP contribution in [0.15, 0.2) is 24.4 Å². The molecule has 0 aliphatic rings. The van der Waals surface area contributed by atoms with Crippen molar-refractivity contribution in [1.82, 2.24) is 4.98 Å². The van der Waals surface area contributed by atoms with E-state index in [4.69, 9.17) is 5.41 Å². The smallest absolute Gasteiger partial charge is 0.0413 e. The Bertz CT molecular complexity index is 245. The van der Waals surface area contributed by atoms with Gasteiger partial charge < -0.3 is 10.4 Å². The van der Waals surface area contributed by atoms with E-state index < -0.39 is 0 Å². The Morgan fingerprint density at radius 1 is 1.73 bits per heavy atom. The van der Waals surface area contributed by atoms with Crippen LogP contribution in [0.4, 0.5) is 0 Å². The summed E-state index contributed by atoms with van der Waals surface area (Å²) in [4.78, 5) is 3.10. The molecule has 0 amide bonds. The Morgan fingerprint density at radius 2 is 2.55 bits per heavy atom. The molecule has 0 radical (unpaired) electrons.